The van der Waals surface area contributed by atoms with Crippen LogP contribution in [0.15, 0.2) is 66.7 Å². The lowest BCUT2D eigenvalue weighted by Crippen LogP contribution is -2.35. The summed E-state index contributed by atoms with van der Waals surface area (Å²) < 4.78 is 12.0. The van der Waals surface area contributed by atoms with Crippen LogP contribution in [0, 0.1) is 0 Å². The Labute approximate surface area is 211 Å². The van der Waals surface area contributed by atoms with Crippen molar-refractivity contribution in [3.8, 4) is 28.4 Å². The summed E-state index contributed by atoms with van der Waals surface area (Å²) >= 11 is 0. The SMILES string of the molecule is CC(C)Oc1c(C(=O)O)ccc(-c2ccccc2)c1OCCN[C@@H](C)[C@H](O)c1ccc(O)cc1.Cl. The van der Waals surface area contributed by atoms with E-state index in [1.807, 2.05) is 51.1 Å². The second-order valence-electron chi connectivity index (χ2n) is 8.28. The van der Waals surface area contributed by atoms with Crippen molar-refractivity contribution in [3.05, 3.63) is 77.9 Å². The Bertz CT molecular complexity index is 1090. The van der Waals surface area contributed by atoms with Gasteiger partial charge in [-0.05, 0) is 56.2 Å². The number of rotatable bonds is 11. The molecule has 0 aliphatic carbocycles. The van der Waals surface area contributed by atoms with Crippen molar-refractivity contribution in [2.75, 3.05) is 13.2 Å². The molecule has 0 saturated heterocycles. The summed E-state index contributed by atoms with van der Waals surface area (Å²) in [5.41, 5.74) is 2.34. The highest BCUT2D eigenvalue weighted by Crippen LogP contribution is 2.41. The van der Waals surface area contributed by atoms with E-state index in [2.05, 4.69) is 5.32 Å². The second-order valence-corrected chi connectivity index (χ2v) is 8.28. The number of aliphatic hydroxyl groups is 1. The molecular weight excluding hydrogens is 470 g/mol. The number of aliphatic hydroxyl groups excluding tert-OH is 1. The average molecular weight is 502 g/mol. The zero-order chi connectivity index (χ0) is 24.7. The van der Waals surface area contributed by atoms with Crippen molar-refractivity contribution < 1.29 is 29.6 Å². The highest BCUT2D eigenvalue weighted by atomic mass is 35.5. The van der Waals surface area contributed by atoms with E-state index in [-0.39, 0.29) is 48.2 Å². The first-order valence-electron chi connectivity index (χ1n) is 11.2. The van der Waals surface area contributed by atoms with Gasteiger partial charge in [0.15, 0.2) is 11.5 Å². The van der Waals surface area contributed by atoms with E-state index in [1.165, 1.54) is 18.2 Å². The summed E-state index contributed by atoms with van der Waals surface area (Å²) in [5.74, 6) is -0.388. The fraction of sp³-hybridized carbons (Fsp3) is 0.296. The number of halogens is 1. The molecule has 0 radical (unpaired) electrons. The number of aromatic carboxylic acids is 1. The van der Waals surface area contributed by atoms with Gasteiger partial charge in [-0.25, -0.2) is 4.79 Å². The Morgan fingerprint density at radius 3 is 2.20 bits per heavy atom. The van der Waals surface area contributed by atoms with Crippen molar-refractivity contribution >= 4 is 18.4 Å². The Morgan fingerprint density at radius 1 is 0.943 bits per heavy atom. The molecule has 3 aromatic rings. The lowest BCUT2D eigenvalue weighted by Gasteiger charge is -2.22. The average Bonchev–Trinajstić information content (AvgIpc) is 2.82. The fourth-order valence-electron chi connectivity index (χ4n) is 3.58. The predicted octanol–water partition coefficient (Wildman–Crippen LogP) is 5.06. The van der Waals surface area contributed by atoms with Gasteiger partial charge in [-0.3, -0.25) is 0 Å². The number of benzene rings is 3. The van der Waals surface area contributed by atoms with E-state index in [9.17, 15) is 20.1 Å². The van der Waals surface area contributed by atoms with Crippen LogP contribution in [0.4, 0.5) is 0 Å². The van der Waals surface area contributed by atoms with Gasteiger partial charge >= 0.3 is 5.97 Å². The summed E-state index contributed by atoms with van der Waals surface area (Å²) in [5, 5.41) is 32.9. The lowest BCUT2D eigenvalue weighted by atomic mass is 10.0. The van der Waals surface area contributed by atoms with Crippen LogP contribution in [0.25, 0.3) is 11.1 Å². The third kappa shape index (κ3) is 7.36. The number of carboxylic acid groups (broad SMARTS) is 1. The molecule has 0 unspecified atom stereocenters. The Hall–Kier alpha value is -3.26. The maximum atomic E-state index is 11.9. The maximum absolute atomic E-state index is 11.9. The molecule has 0 heterocycles. The van der Waals surface area contributed by atoms with Crippen molar-refractivity contribution in [3.63, 3.8) is 0 Å². The van der Waals surface area contributed by atoms with E-state index in [0.717, 1.165) is 11.1 Å². The molecule has 0 spiro atoms. The van der Waals surface area contributed by atoms with Gasteiger partial charge in [0.25, 0.3) is 0 Å². The fourth-order valence-corrected chi connectivity index (χ4v) is 3.58. The highest BCUT2D eigenvalue weighted by molar-refractivity contribution is 5.94. The number of aromatic hydroxyl groups is 1. The summed E-state index contributed by atoms with van der Waals surface area (Å²) in [7, 11) is 0. The number of ether oxygens (including phenoxy) is 2. The minimum atomic E-state index is -1.09. The van der Waals surface area contributed by atoms with Crippen LogP contribution in [0.5, 0.6) is 17.2 Å². The Balaban J connectivity index is 0.00000432. The number of carboxylic acids is 1. The van der Waals surface area contributed by atoms with Gasteiger partial charge in [-0.1, -0.05) is 42.5 Å². The molecule has 0 amide bonds. The zero-order valence-corrected chi connectivity index (χ0v) is 20.8. The standard InChI is InChI=1S/C27H31NO6.ClH/c1-17(2)34-26-23(27(31)32)14-13-22(19-7-5-4-6-8-19)25(26)33-16-15-28-18(3)24(30)20-9-11-21(29)12-10-20;/h4-14,17-18,24,28-30H,15-16H2,1-3H3,(H,31,32);1H/t18-,24-;/m0./s1. The number of nitrogens with one attached hydrogen (secondary N) is 1. The lowest BCUT2D eigenvalue weighted by molar-refractivity contribution is 0.0689. The monoisotopic (exact) mass is 501 g/mol. The van der Waals surface area contributed by atoms with E-state index >= 15 is 0 Å². The van der Waals surface area contributed by atoms with Gasteiger partial charge in [0.1, 0.15) is 17.9 Å². The van der Waals surface area contributed by atoms with E-state index < -0.39 is 12.1 Å². The largest absolute Gasteiger partial charge is 0.508 e. The van der Waals surface area contributed by atoms with E-state index in [1.54, 1.807) is 18.2 Å². The maximum Gasteiger partial charge on any atom is 0.339 e. The Kier molecular flexibility index (Phi) is 10.4. The van der Waals surface area contributed by atoms with Crippen molar-refractivity contribution in [1.82, 2.24) is 5.32 Å². The quantitative estimate of drug-likeness (QED) is 0.272. The van der Waals surface area contributed by atoms with Crippen LogP contribution in [-0.4, -0.2) is 46.6 Å². The molecule has 0 fully saturated rings. The molecular formula is C27H32ClNO6. The van der Waals surface area contributed by atoms with Crippen molar-refractivity contribution in [2.45, 2.75) is 39.0 Å². The second kappa shape index (κ2) is 13.0. The molecule has 0 saturated carbocycles. The van der Waals surface area contributed by atoms with Crippen LogP contribution in [0.2, 0.25) is 0 Å². The van der Waals surface area contributed by atoms with Crippen molar-refractivity contribution in [1.29, 1.82) is 0 Å². The number of hydrogen-bond acceptors (Lipinski definition) is 6. The van der Waals surface area contributed by atoms with Gasteiger partial charge in [0, 0.05) is 18.2 Å². The molecule has 7 nitrogen and oxygen atoms in total. The van der Waals surface area contributed by atoms with Crippen LogP contribution < -0.4 is 14.8 Å². The van der Waals surface area contributed by atoms with E-state index in [4.69, 9.17) is 9.47 Å². The van der Waals surface area contributed by atoms with Gasteiger partial charge < -0.3 is 30.1 Å². The van der Waals surface area contributed by atoms with E-state index in [0.29, 0.717) is 17.9 Å². The first-order chi connectivity index (χ1) is 16.3. The molecule has 8 heteroatoms. The normalized spacial score (nSPS) is 12.5. The highest BCUT2D eigenvalue weighted by Gasteiger charge is 2.23. The number of phenols is 1. The van der Waals surface area contributed by atoms with Crippen LogP contribution >= 0.6 is 12.4 Å². The molecule has 2 atom stereocenters. The smallest absolute Gasteiger partial charge is 0.339 e. The molecule has 188 valence electrons. The zero-order valence-electron chi connectivity index (χ0n) is 20.0. The Morgan fingerprint density at radius 2 is 1.60 bits per heavy atom. The van der Waals surface area contributed by atoms with Gasteiger partial charge in [0.2, 0.25) is 0 Å². The first kappa shape index (κ1) is 28.0. The van der Waals surface area contributed by atoms with Gasteiger partial charge in [0.05, 0.1) is 12.2 Å². The molecule has 35 heavy (non-hydrogen) atoms. The predicted molar refractivity (Wildman–Crippen MR) is 138 cm³/mol. The van der Waals surface area contributed by atoms with Crippen LogP contribution in [0.1, 0.15) is 42.8 Å². The third-order valence-corrected chi connectivity index (χ3v) is 5.30. The molecule has 4 N–H and O–H groups in total. The van der Waals surface area contributed by atoms with Gasteiger partial charge in [-0.2, -0.15) is 0 Å². The number of hydrogen-bond donors (Lipinski definition) is 4. The van der Waals surface area contributed by atoms with Crippen LogP contribution in [-0.2, 0) is 0 Å². The molecule has 0 aliphatic rings. The summed E-state index contributed by atoms with van der Waals surface area (Å²) in [6, 6.07) is 19.0. The summed E-state index contributed by atoms with van der Waals surface area (Å²) in [4.78, 5) is 11.9. The molecule has 0 bridgehead atoms. The first-order valence-corrected chi connectivity index (χ1v) is 11.2. The topological polar surface area (TPSA) is 108 Å². The molecule has 0 aliphatic heterocycles. The number of carbonyl (C=O) groups is 1. The third-order valence-electron chi connectivity index (χ3n) is 5.30. The molecule has 0 aromatic heterocycles. The van der Waals surface area contributed by atoms with Crippen LogP contribution in [0.3, 0.4) is 0 Å². The van der Waals surface area contributed by atoms with Crippen molar-refractivity contribution in [2.24, 2.45) is 0 Å². The summed E-state index contributed by atoms with van der Waals surface area (Å²) in [6.45, 7) is 6.15. The minimum Gasteiger partial charge on any atom is -0.508 e. The molecule has 3 aromatic carbocycles. The summed E-state index contributed by atoms with van der Waals surface area (Å²) in [6.07, 6.45) is -1.01. The molecule has 3 rings (SSSR count). The van der Waals surface area contributed by atoms with Gasteiger partial charge in [-0.15, -0.1) is 12.4 Å². The number of phenolic OH excluding ortho intramolecular Hbond substituents is 1. The minimum absolute atomic E-state index is 0.